The fourth-order valence-electron chi connectivity index (χ4n) is 2.18. The Bertz CT molecular complexity index is 795. The fraction of sp³-hybridized carbons (Fsp3) is 0.0588. The Morgan fingerprint density at radius 2 is 1.80 bits per heavy atom. The van der Waals surface area contributed by atoms with Crippen LogP contribution in [-0.2, 0) is 0 Å². The highest BCUT2D eigenvalue weighted by Crippen LogP contribution is 2.24. The third-order valence-electron chi connectivity index (χ3n) is 3.20. The maximum absolute atomic E-state index is 12.4. The van der Waals surface area contributed by atoms with Gasteiger partial charge in [-0.2, -0.15) is 0 Å². The van der Waals surface area contributed by atoms with Gasteiger partial charge in [-0.3, -0.25) is 4.79 Å². The highest BCUT2D eigenvalue weighted by atomic mass is 16.3. The Balaban J connectivity index is 2.15. The first-order valence-electron chi connectivity index (χ1n) is 6.35. The van der Waals surface area contributed by atoms with Crippen molar-refractivity contribution in [3.63, 3.8) is 0 Å². The number of nitrogens with zero attached hydrogens (tertiary/aromatic N) is 1. The maximum Gasteiger partial charge on any atom is 0.215 e. The molecule has 0 saturated heterocycles. The second kappa shape index (κ2) is 4.78. The number of aromatic hydroxyl groups is 1. The number of rotatable bonds is 2. The molecule has 0 aliphatic carbocycles. The Morgan fingerprint density at radius 3 is 2.55 bits per heavy atom. The van der Waals surface area contributed by atoms with E-state index in [9.17, 15) is 9.90 Å². The monoisotopic (exact) mass is 263 g/mol. The number of carbonyl (C=O) groups excluding carboxylic acids is 1. The molecule has 1 heterocycles. The number of benzene rings is 2. The van der Waals surface area contributed by atoms with E-state index in [1.807, 2.05) is 31.2 Å². The van der Waals surface area contributed by atoms with Crippen molar-refractivity contribution in [2.45, 2.75) is 6.92 Å². The van der Waals surface area contributed by atoms with E-state index in [-0.39, 0.29) is 17.2 Å². The second-order valence-corrected chi connectivity index (χ2v) is 4.75. The zero-order valence-electron chi connectivity index (χ0n) is 11.0. The molecule has 3 rings (SSSR count). The van der Waals surface area contributed by atoms with Gasteiger partial charge in [-0.1, -0.05) is 42.0 Å². The SMILES string of the molecule is Cc1ccc2nc(C(=O)c3ccccc3)c(O)cc2c1. The third kappa shape index (κ3) is 2.14. The Labute approximate surface area is 116 Å². The topological polar surface area (TPSA) is 50.2 Å². The molecule has 0 atom stereocenters. The summed E-state index contributed by atoms with van der Waals surface area (Å²) in [6, 6.07) is 16.1. The summed E-state index contributed by atoms with van der Waals surface area (Å²) in [4.78, 5) is 16.6. The van der Waals surface area contributed by atoms with Crippen LogP contribution in [0.5, 0.6) is 5.75 Å². The predicted octanol–water partition coefficient (Wildman–Crippen LogP) is 3.48. The summed E-state index contributed by atoms with van der Waals surface area (Å²) < 4.78 is 0. The first-order chi connectivity index (χ1) is 9.65. The fourth-order valence-corrected chi connectivity index (χ4v) is 2.18. The molecule has 0 aliphatic rings. The Kier molecular flexibility index (Phi) is 2.95. The van der Waals surface area contributed by atoms with Crippen molar-refractivity contribution < 1.29 is 9.90 Å². The van der Waals surface area contributed by atoms with Crippen LogP contribution in [0.4, 0.5) is 0 Å². The summed E-state index contributed by atoms with van der Waals surface area (Å²) in [6.45, 7) is 1.97. The average Bonchev–Trinajstić information content (AvgIpc) is 2.46. The molecule has 20 heavy (non-hydrogen) atoms. The number of ketones is 1. The molecule has 0 radical (unpaired) electrons. The summed E-state index contributed by atoms with van der Waals surface area (Å²) in [5.41, 5.74) is 2.39. The molecule has 0 fully saturated rings. The number of pyridine rings is 1. The predicted molar refractivity (Wildman–Crippen MR) is 78.0 cm³/mol. The molecule has 1 N–H and O–H groups in total. The molecule has 3 heteroatoms. The average molecular weight is 263 g/mol. The van der Waals surface area contributed by atoms with E-state index >= 15 is 0 Å². The zero-order chi connectivity index (χ0) is 14.1. The molecule has 0 saturated carbocycles. The van der Waals surface area contributed by atoms with Crippen molar-refractivity contribution in [1.29, 1.82) is 0 Å². The normalized spacial score (nSPS) is 10.7. The van der Waals surface area contributed by atoms with Crippen LogP contribution >= 0.6 is 0 Å². The number of hydrogen-bond acceptors (Lipinski definition) is 3. The van der Waals surface area contributed by atoms with E-state index in [4.69, 9.17) is 0 Å². The Hall–Kier alpha value is -2.68. The van der Waals surface area contributed by atoms with Gasteiger partial charge >= 0.3 is 0 Å². The van der Waals surface area contributed by atoms with Crippen molar-refractivity contribution >= 4 is 16.7 Å². The van der Waals surface area contributed by atoms with E-state index in [0.29, 0.717) is 11.1 Å². The summed E-state index contributed by atoms with van der Waals surface area (Å²) in [6.07, 6.45) is 0. The van der Waals surface area contributed by atoms with Crippen LogP contribution in [-0.4, -0.2) is 15.9 Å². The summed E-state index contributed by atoms with van der Waals surface area (Å²) in [7, 11) is 0. The Morgan fingerprint density at radius 1 is 1.05 bits per heavy atom. The molecule has 1 aromatic heterocycles. The van der Waals surface area contributed by atoms with Crippen LogP contribution < -0.4 is 0 Å². The van der Waals surface area contributed by atoms with Crippen molar-refractivity contribution in [2.24, 2.45) is 0 Å². The van der Waals surface area contributed by atoms with Gasteiger partial charge in [-0.25, -0.2) is 4.98 Å². The molecule has 3 nitrogen and oxygen atoms in total. The minimum atomic E-state index is -0.273. The van der Waals surface area contributed by atoms with Gasteiger partial charge in [0.1, 0.15) is 5.75 Å². The second-order valence-electron chi connectivity index (χ2n) is 4.75. The van der Waals surface area contributed by atoms with Crippen LogP contribution in [0.15, 0.2) is 54.6 Å². The molecule has 0 amide bonds. The molecule has 3 aromatic rings. The standard InChI is InChI=1S/C17H13NO2/c1-11-7-8-14-13(9-11)10-15(19)16(18-14)17(20)12-5-3-2-4-6-12/h2-10,19H,1H3. The molecule has 98 valence electrons. The van der Waals surface area contributed by atoms with E-state index in [1.165, 1.54) is 0 Å². The number of carbonyl (C=O) groups is 1. The van der Waals surface area contributed by atoms with Gasteiger partial charge in [0.2, 0.25) is 5.78 Å². The third-order valence-corrected chi connectivity index (χ3v) is 3.20. The lowest BCUT2D eigenvalue weighted by atomic mass is 10.1. The first kappa shape index (κ1) is 12.4. The lowest BCUT2D eigenvalue weighted by Crippen LogP contribution is -2.04. The molecular weight excluding hydrogens is 250 g/mol. The zero-order valence-corrected chi connectivity index (χ0v) is 11.0. The summed E-state index contributed by atoms with van der Waals surface area (Å²) in [5.74, 6) is -0.359. The van der Waals surface area contributed by atoms with Crippen molar-refractivity contribution in [3.8, 4) is 5.75 Å². The van der Waals surface area contributed by atoms with Gasteiger partial charge in [0.15, 0.2) is 5.69 Å². The van der Waals surface area contributed by atoms with Gasteiger partial charge < -0.3 is 5.11 Å². The lowest BCUT2D eigenvalue weighted by molar-refractivity contribution is 0.103. The molecule has 0 unspecified atom stereocenters. The number of aromatic nitrogens is 1. The maximum atomic E-state index is 12.4. The van der Waals surface area contributed by atoms with E-state index in [0.717, 1.165) is 10.9 Å². The molecule has 0 spiro atoms. The van der Waals surface area contributed by atoms with Gasteiger partial charge in [0.05, 0.1) is 5.52 Å². The molecule has 2 aromatic carbocycles. The number of aryl methyl sites for hydroxylation is 1. The minimum Gasteiger partial charge on any atom is -0.506 e. The van der Waals surface area contributed by atoms with Crippen LogP contribution in [0.1, 0.15) is 21.6 Å². The highest BCUT2D eigenvalue weighted by molar-refractivity contribution is 6.10. The van der Waals surface area contributed by atoms with Gasteiger partial charge in [-0.05, 0) is 25.1 Å². The smallest absolute Gasteiger partial charge is 0.215 e. The van der Waals surface area contributed by atoms with Crippen LogP contribution in [0, 0.1) is 6.92 Å². The van der Waals surface area contributed by atoms with Gasteiger partial charge in [0.25, 0.3) is 0 Å². The quantitative estimate of drug-likeness (QED) is 0.720. The van der Waals surface area contributed by atoms with Gasteiger partial charge in [0, 0.05) is 10.9 Å². The van der Waals surface area contributed by atoms with Crippen molar-refractivity contribution in [3.05, 3.63) is 71.4 Å². The molecular formula is C17H13NO2. The van der Waals surface area contributed by atoms with Crippen molar-refractivity contribution in [2.75, 3.05) is 0 Å². The van der Waals surface area contributed by atoms with Crippen LogP contribution in [0.25, 0.3) is 10.9 Å². The molecule has 0 aliphatic heterocycles. The van der Waals surface area contributed by atoms with Crippen LogP contribution in [0.3, 0.4) is 0 Å². The van der Waals surface area contributed by atoms with Gasteiger partial charge in [-0.15, -0.1) is 0 Å². The largest absolute Gasteiger partial charge is 0.506 e. The minimum absolute atomic E-state index is 0.0862. The highest BCUT2D eigenvalue weighted by Gasteiger charge is 2.16. The molecule has 0 bridgehead atoms. The number of fused-ring (bicyclic) bond motifs is 1. The van der Waals surface area contributed by atoms with E-state index in [2.05, 4.69) is 4.98 Å². The first-order valence-corrected chi connectivity index (χ1v) is 6.35. The summed E-state index contributed by atoms with van der Waals surface area (Å²) >= 11 is 0. The lowest BCUT2D eigenvalue weighted by Gasteiger charge is -2.06. The van der Waals surface area contributed by atoms with E-state index < -0.39 is 0 Å². The van der Waals surface area contributed by atoms with Crippen molar-refractivity contribution in [1.82, 2.24) is 4.98 Å². The van der Waals surface area contributed by atoms with E-state index in [1.54, 1.807) is 30.3 Å². The number of hydrogen-bond donors (Lipinski definition) is 1. The van der Waals surface area contributed by atoms with Crippen LogP contribution in [0.2, 0.25) is 0 Å². The summed E-state index contributed by atoms with van der Waals surface area (Å²) in [5, 5.41) is 10.9.